The smallest absolute Gasteiger partial charge is 0.161 e. The van der Waals surface area contributed by atoms with E-state index in [1.807, 2.05) is 18.2 Å². The van der Waals surface area contributed by atoms with Crippen molar-refractivity contribution < 1.29 is 23.4 Å². The first-order valence-electron chi connectivity index (χ1n) is 10.9. The number of nitrogens with zero attached hydrogens (tertiary/aromatic N) is 1. The van der Waals surface area contributed by atoms with Gasteiger partial charge in [0.1, 0.15) is 12.7 Å². The van der Waals surface area contributed by atoms with Gasteiger partial charge < -0.3 is 24.8 Å². The number of nitrogens with one attached hydrogen (secondary N) is 1. The van der Waals surface area contributed by atoms with Gasteiger partial charge in [-0.05, 0) is 61.3 Å². The SMILES string of the molecule is COc1cc(CNCc2ccc(F)c(F)c2)ccc1OC[C@H](O)CN1CCCCCC1. The molecule has 1 aliphatic rings. The maximum atomic E-state index is 13.3. The number of halogens is 2. The molecule has 0 unspecified atom stereocenters. The van der Waals surface area contributed by atoms with Crippen molar-refractivity contribution in [1.29, 1.82) is 0 Å². The van der Waals surface area contributed by atoms with Gasteiger partial charge in [0.05, 0.1) is 7.11 Å². The third-order valence-corrected chi connectivity index (χ3v) is 5.47. The molecule has 0 radical (unpaired) electrons. The molecule has 2 aromatic rings. The standard InChI is InChI=1S/C24H32F2N2O3/c1-30-24-13-19(15-27-14-18-6-8-21(25)22(26)12-18)7-9-23(24)31-17-20(29)16-28-10-4-2-3-5-11-28/h6-9,12-13,20,27,29H,2-5,10-11,14-17H2,1H3/t20-/m1/s1. The minimum Gasteiger partial charge on any atom is -0.493 e. The fourth-order valence-electron chi connectivity index (χ4n) is 3.80. The lowest BCUT2D eigenvalue weighted by molar-refractivity contribution is 0.0683. The molecule has 0 spiro atoms. The Bertz CT molecular complexity index is 826. The van der Waals surface area contributed by atoms with Gasteiger partial charge in [-0.1, -0.05) is 25.0 Å². The van der Waals surface area contributed by atoms with Gasteiger partial charge in [-0.3, -0.25) is 0 Å². The Morgan fingerprint density at radius 1 is 0.935 bits per heavy atom. The van der Waals surface area contributed by atoms with Crippen LogP contribution in [0.3, 0.4) is 0 Å². The maximum absolute atomic E-state index is 13.3. The highest BCUT2D eigenvalue weighted by atomic mass is 19.2. The molecule has 0 aliphatic carbocycles. The van der Waals surface area contributed by atoms with Crippen molar-refractivity contribution >= 4 is 0 Å². The van der Waals surface area contributed by atoms with Crippen LogP contribution < -0.4 is 14.8 Å². The van der Waals surface area contributed by atoms with E-state index in [9.17, 15) is 13.9 Å². The summed E-state index contributed by atoms with van der Waals surface area (Å²) in [6.45, 7) is 3.85. The van der Waals surface area contributed by atoms with E-state index in [-0.39, 0.29) is 6.61 Å². The average Bonchev–Trinajstić information content (AvgIpc) is 3.03. The van der Waals surface area contributed by atoms with Gasteiger partial charge in [-0.15, -0.1) is 0 Å². The Hall–Kier alpha value is -2.22. The van der Waals surface area contributed by atoms with Crippen LogP contribution in [0.5, 0.6) is 11.5 Å². The molecule has 31 heavy (non-hydrogen) atoms. The first-order valence-corrected chi connectivity index (χ1v) is 10.9. The first-order chi connectivity index (χ1) is 15.0. The van der Waals surface area contributed by atoms with E-state index in [4.69, 9.17) is 9.47 Å². The zero-order valence-corrected chi connectivity index (χ0v) is 18.1. The Labute approximate surface area is 183 Å². The van der Waals surface area contributed by atoms with Gasteiger partial charge in [-0.2, -0.15) is 0 Å². The molecule has 1 fully saturated rings. The Kier molecular flexibility index (Phi) is 9.06. The molecule has 0 aromatic heterocycles. The number of aliphatic hydroxyl groups is 1. The lowest BCUT2D eigenvalue weighted by Gasteiger charge is -2.23. The highest BCUT2D eigenvalue weighted by Gasteiger charge is 2.15. The Morgan fingerprint density at radius 3 is 2.29 bits per heavy atom. The molecular weight excluding hydrogens is 402 g/mol. The molecule has 2 aromatic carbocycles. The maximum Gasteiger partial charge on any atom is 0.161 e. The van der Waals surface area contributed by atoms with E-state index in [2.05, 4.69) is 10.2 Å². The van der Waals surface area contributed by atoms with Gasteiger partial charge in [0, 0.05) is 19.6 Å². The molecule has 7 heteroatoms. The molecule has 5 nitrogen and oxygen atoms in total. The number of β-amino-alcohol motifs (C(OH)–C–C–N with tert-alkyl or cyclic N) is 1. The number of benzene rings is 2. The van der Waals surface area contributed by atoms with E-state index >= 15 is 0 Å². The van der Waals surface area contributed by atoms with Crippen LogP contribution in [-0.4, -0.2) is 49.5 Å². The predicted molar refractivity (Wildman–Crippen MR) is 116 cm³/mol. The van der Waals surface area contributed by atoms with Gasteiger partial charge in [0.2, 0.25) is 0 Å². The van der Waals surface area contributed by atoms with Crippen LogP contribution in [0.15, 0.2) is 36.4 Å². The zero-order chi connectivity index (χ0) is 22.1. The van der Waals surface area contributed by atoms with Crippen LogP contribution >= 0.6 is 0 Å². The first kappa shape index (κ1) is 23.4. The minimum absolute atomic E-state index is 0.209. The summed E-state index contributed by atoms with van der Waals surface area (Å²) in [5, 5.41) is 13.6. The summed E-state index contributed by atoms with van der Waals surface area (Å²) in [7, 11) is 1.58. The number of hydrogen-bond donors (Lipinski definition) is 2. The van der Waals surface area contributed by atoms with E-state index in [1.54, 1.807) is 13.2 Å². The van der Waals surface area contributed by atoms with Crippen molar-refractivity contribution in [3.8, 4) is 11.5 Å². The van der Waals surface area contributed by atoms with E-state index in [0.29, 0.717) is 36.7 Å². The highest BCUT2D eigenvalue weighted by molar-refractivity contribution is 5.43. The van der Waals surface area contributed by atoms with Crippen LogP contribution in [0.25, 0.3) is 0 Å². The summed E-state index contributed by atoms with van der Waals surface area (Å²) >= 11 is 0. The molecule has 1 atom stereocenters. The molecular formula is C24H32F2N2O3. The fraction of sp³-hybridized carbons (Fsp3) is 0.500. The fourth-order valence-corrected chi connectivity index (χ4v) is 3.80. The van der Waals surface area contributed by atoms with Gasteiger partial charge in [0.25, 0.3) is 0 Å². The molecule has 3 rings (SSSR count). The Morgan fingerprint density at radius 2 is 1.61 bits per heavy atom. The highest BCUT2D eigenvalue weighted by Crippen LogP contribution is 2.28. The molecule has 0 saturated carbocycles. The molecule has 170 valence electrons. The lowest BCUT2D eigenvalue weighted by atomic mass is 10.1. The van der Waals surface area contributed by atoms with Crippen molar-refractivity contribution in [2.24, 2.45) is 0 Å². The topological polar surface area (TPSA) is 54.0 Å². The quantitative estimate of drug-likeness (QED) is 0.595. The second-order valence-electron chi connectivity index (χ2n) is 8.02. The van der Waals surface area contributed by atoms with Gasteiger partial charge in [0.15, 0.2) is 23.1 Å². The summed E-state index contributed by atoms with van der Waals surface area (Å²) in [5.74, 6) is -0.517. The number of rotatable bonds is 10. The predicted octanol–water partition coefficient (Wildman–Crippen LogP) is 3.88. The molecule has 2 N–H and O–H groups in total. The lowest BCUT2D eigenvalue weighted by Crippen LogP contribution is -2.36. The summed E-state index contributed by atoms with van der Waals surface area (Å²) in [6, 6.07) is 9.48. The number of aliphatic hydroxyl groups excluding tert-OH is 1. The number of hydrogen-bond acceptors (Lipinski definition) is 5. The largest absolute Gasteiger partial charge is 0.493 e. The van der Waals surface area contributed by atoms with Crippen LogP contribution in [0.4, 0.5) is 8.78 Å². The van der Waals surface area contributed by atoms with Crippen molar-refractivity contribution in [1.82, 2.24) is 10.2 Å². The number of likely N-dealkylation sites (tertiary alicyclic amines) is 1. The molecule has 1 saturated heterocycles. The van der Waals surface area contributed by atoms with E-state index in [0.717, 1.165) is 24.7 Å². The molecule has 1 aliphatic heterocycles. The molecule has 0 amide bonds. The van der Waals surface area contributed by atoms with Crippen molar-refractivity contribution in [3.05, 3.63) is 59.2 Å². The van der Waals surface area contributed by atoms with Crippen LogP contribution in [-0.2, 0) is 13.1 Å². The summed E-state index contributed by atoms with van der Waals surface area (Å²) < 4.78 is 37.6. The van der Waals surface area contributed by atoms with Gasteiger partial charge >= 0.3 is 0 Å². The third-order valence-electron chi connectivity index (χ3n) is 5.47. The van der Waals surface area contributed by atoms with Crippen LogP contribution in [0.1, 0.15) is 36.8 Å². The summed E-state index contributed by atoms with van der Waals surface area (Å²) in [5.41, 5.74) is 1.64. The number of methoxy groups -OCH3 is 1. The zero-order valence-electron chi connectivity index (χ0n) is 18.1. The summed E-state index contributed by atoms with van der Waals surface area (Å²) in [6.07, 6.45) is 4.35. The minimum atomic E-state index is -0.847. The number of ether oxygens (including phenoxy) is 2. The van der Waals surface area contributed by atoms with Crippen LogP contribution in [0.2, 0.25) is 0 Å². The molecule has 0 bridgehead atoms. The normalized spacial score (nSPS) is 16.0. The van der Waals surface area contributed by atoms with Crippen LogP contribution in [0, 0.1) is 11.6 Å². The van der Waals surface area contributed by atoms with E-state index in [1.165, 1.54) is 31.7 Å². The monoisotopic (exact) mass is 434 g/mol. The second kappa shape index (κ2) is 12.0. The van der Waals surface area contributed by atoms with Crippen molar-refractivity contribution in [3.63, 3.8) is 0 Å². The van der Waals surface area contributed by atoms with Crippen molar-refractivity contribution in [2.75, 3.05) is 33.4 Å². The third kappa shape index (κ3) is 7.45. The van der Waals surface area contributed by atoms with Crippen molar-refractivity contribution in [2.45, 2.75) is 44.9 Å². The summed E-state index contributed by atoms with van der Waals surface area (Å²) in [4.78, 5) is 2.31. The molecule has 1 heterocycles. The van der Waals surface area contributed by atoms with Gasteiger partial charge in [-0.25, -0.2) is 8.78 Å². The Balaban J connectivity index is 1.47. The second-order valence-corrected chi connectivity index (χ2v) is 8.02. The van der Waals surface area contributed by atoms with E-state index < -0.39 is 17.7 Å². The average molecular weight is 435 g/mol.